The van der Waals surface area contributed by atoms with Crippen molar-refractivity contribution in [3.8, 4) is 17.2 Å². The minimum atomic E-state index is -0.680. The molecule has 0 bridgehead atoms. The average molecular weight is 384 g/mol. The monoisotopic (exact) mass is 384 g/mol. The molecule has 0 aromatic heterocycles. The van der Waals surface area contributed by atoms with E-state index in [1.807, 2.05) is 37.3 Å². The predicted octanol–water partition coefficient (Wildman–Crippen LogP) is 3.08. The molecule has 2 aromatic rings. The van der Waals surface area contributed by atoms with Crippen LogP contribution in [0.3, 0.4) is 0 Å². The Bertz CT molecular complexity index is 841. The lowest BCUT2D eigenvalue weighted by molar-refractivity contribution is -0.131. The summed E-state index contributed by atoms with van der Waals surface area (Å²) in [6, 6.07) is 13.2. The number of rotatable bonds is 7. The van der Waals surface area contributed by atoms with E-state index in [-0.39, 0.29) is 11.9 Å². The molecule has 28 heavy (non-hydrogen) atoms. The maximum atomic E-state index is 12.6. The molecule has 1 heterocycles. The molecule has 148 valence electrons. The molecule has 0 saturated carbocycles. The highest BCUT2D eigenvalue weighted by atomic mass is 16.6. The Labute approximate surface area is 164 Å². The van der Waals surface area contributed by atoms with Crippen molar-refractivity contribution in [1.82, 2.24) is 5.32 Å². The van der Waals surface area contributed by atoms with Crippen LogP contribution >= 0.6 is 0 Å². The van der Waals surface area contributed by atoms with Crippen molar-refractivity contribution in [2.45, 2.75) is 25.5 Å². The lowest BCUT2D eigenvalue weighted by Crippen LogP contribution is -2.36. The van der Waals surface area contributed by atoms with Gasteiger partial charge < -0.3 is 24.4 Å². The lowest BCUT2D eigenvalue weighted by Gasteiger charge is -2.16. The van der Waals surface area contributed by atoms with Gasteiger partial charge in [-0.1, -0.05) is 35.5 Å². The number of carbonyl (C=O) groups excluding carboxylic acids is 1. The Balaban J connectivity index is 1.70. The molecular formula is C21H24N2O5. The maximum absolute atomic E-state index is 12.6. The molecule has 0 saturated heterocycles. The van der Waals surface area contributed by atoms with E-state index >= 15 is 0 Å². The summed E-state index contributed by atoms with van der Waals surface area (Å²) in [5, 5.41) is 7.07. The number of hydrogen-bond donors (Lipinski definition) is 1. The first-order chi connectivity index (χ1) is 13.6. The highest BCUT2D eigenvalue weighted by Gasteiger charge is 2.30. The highest BCUT2D eigenvalue weighted by Crippen LogP contribution is 2.39. The Morgan fingerprint density at radius 1 is 1.11 bits per heavy atom. The van der Waals surface area contributed by atoms with Crippen LogP contribution in [0, 0.1) is 0 Å². The Morgan fingerprint density at radius 3 is 2.32 bits per heavy atom. The lowest BCUT2D eigenvalue weighted by atomic mass is 10.0. The Morgan fingerprint density at radius 2 is 1.75 bits per heavy atom. The first kappa shape index (κ1) is 19.5. The van der Waals surface area contributed by atoms with Crippen LogP contribution in [0.4, 0.5) is 0 Å². The van der Waals surface area contributed by atoms with Crippen LogP contribution < -0.4 is 19.5 Å². The molecule has 7 heteroatoms. The van der Waals surface area contributed by atoms with Gasteiger partial charge in [-0.15, -0.1) is 0 Å². The third-order valence-corrected chi connectivity index (χ3v) is 4.62. The molecule has 0 aliphatic carbocycles. The molecule has 1 aliphatic rings. The topological polar surface area (TPSA) is 78.4 Å². The SMILES string of the molecule is COc1cc(C2=NO[C@H](C(=O)N[C@H](C)c3ccccc3)C2)cc(OC)c1OC. The van der Waals surface area contributed by atoms with E-state index < -0.39 is 6.10 Å². The third-order valence-electron chi connectivity index (χ3n) is 4.62. The second kappa shape index (κ2) is 8.65. The zero-order valence-corrected chi connectivity index (χ0v) is 16.4. The number of oxime groups is 1. The van der Waals surface area contributed by atoms with Crippen molar-refractivity contribution < 1.29 is 23.8 Å². The molecule has 0 spiro atoms. The van der Waals surface area contributed by atoms with Crippen molar-refractivity contribution in [3.63, 3.8) is 0 Å². The number of carbonyl (C=O) groups is 1. The number of nitrogens with zero attached hydrogens (tertiary/aromatic N) is 1. The van der Waals surface area contributed by atoms with E-state index in [1.165, 1.54) is 0 Å². The number of benzene rings is 2. The van der Waals surface area contributed by atoms with E-state index in [2.05, 4.69) is 10.5 Å². The molecule has 1 amide bonds. The normalized spacial score (nSPS) is 16.6. The summed E-state index contributed by atoms with van der Waals surface area (Å²) in [5.41, 5.74) is 2.42. The number of methoxy groups -OCH3 is 3. The number of nitrogens with one attached hydrogen (secondary N) is 1. The molecule has 0 unspecified atom stereocenters. The Kier molecular flexibility index (Phi) is 6.03. The highest BCUT2D eigenvalue weighted by molar-refractivity contribution is 6.04. The van der Waals surface area contributed by atoms with Crippen molar-refractivity contribution in [3.05, 3.63) is 53.6 Å². The summed E-state index contributed by atoms with van der Waals surface area (Å²) in [5.74, 6) is 1.33. The van der Waals surface area contributed by atoms with Crippen molar-refractivity contribution >= 4 is 11.6 Å². The summed E-state index contributed by atoms with van der Waals surface area (Å²) >= 11 is 0. The standard InChI is InChI=1S/C21H24N2O5/c1-13(14-8-6-5-7-9-14)22-21(24)19-12-16(23-28-19)15-10-17(25-2)20(27-4)18(11-15)26-3/h5-11,13,19H,12H2,1-4H3,(H,22,24)/t13-,19+/m1/s1. The van der Waals surface area contributed by atoms with Crippen molar-refractivity contribution in [2.24, 2.45) is 5.16 Å². The molecule has 0 fully saturated rings. The zero-order chi connectivity index (χ0) is 20.1. The minimum Gasteiger partial charge on any atom is -0.493 e. The van der Waals surface area contributed by atoms with Gasteiger partial charge >= 0.3 is 0 Å². The van der Waals surface area contributed by atoms with Gasteiger partial charge in [0.25, 0.3) is 5.91 Å². The van der Waals surface area contributed by atoms with Crippen LogP contribution in [0.2, 0.25) is 0 Å². The molecule has 2 atom stereocenters. The fraction of sp³-hybridized carbons (Fsp3) is 0.333. The molecule has 1 aliphatic heterocycles. The summed E-state index contributed by atoms with van der Waals surface area (Å²) in [7, 11) is 4.65. The van der Waals surface area contributed by atoms with E-state index in [1.54, 1.807) is 33.5 Å². The second-order valence-corrected chi connectivity index (χ2v) is 6.39. The quantitative estimate of drug-likeness (QED) is 0.794. The summed E-state index contributed by atoms with van der Waals surface area (Å²) in [6.45, 7) is 1.93. The van der Waals surface area contributed by atoms with Gasteiger partial charge in [-0.25, -0.2) is 0 Å². The average Bonchev–Trinajstić information content (AvgIpc) is 3.23. The van der Waals surface area contributed by atoms with Gasteiger partial charge in [-0.2, -0.15) is 0 Å². The van der Waals surface area contributed by atoms with Crippen LogP contribution in [0.1, 0.15) is 30.5 Å². The van der Waals surface area contributed by atoms with E-state index in [9.17, 15) is 4.79 Å². The van der Waals surface area contributed by atoms with E-state index in [0.29, 0.717) is 29.4 Å². The summed E-state index contributed by atoms with van der Waals surface area (Å²) < 4.78 is 16.1. The second-order valence-electron chi connectivity index (χ2n) is 6.39. The minimum absolute atomic E-state index is 0.123. The first-order valence-corrected chi connectivity index (χ1v) is 8.95. The van der Waals surface area contributed by atoms with Gasteiger partial charge in [0.2, 0.25) is 11.9 Å². The fourth-order valence-corrected chi connectivity index (χ4v) is 3.07. The van der Waals surface area contributed by atoms with Crippen LogP contribution in [0.25, 0.3) is 0 Å². The van der Waals surface area contributed by atoms with Gasteiger partial charge in [-0.3, -0.25) is 4.79 Å². The van der Waals surface area contributed by atoms with Crippen LogP contribution in [-0.2, 0) is 9.63 Å². The van der Waals surface area contributed by atoms with E-state index in [4.69, 9.17) is 19.0 Å². The molecular weight excluding hydrogens is 360 g/mol. The molecule has 1 N–H and O–H groups in total. The molecule has 3 rings (SSSR count). The summed E-state index contributed by atoms with van der Waals surface area (Å²) in [6.07, 6.45) is -0.327. The van der Waals surface area contributed by atoms with Gasteiger partial charge in [0, 0.05) is 12.0 Å². The predicted molar refractivity (Wildman–Crippen MR) is 105 cm³/mol. The van der Waals surface area contributed by atoms with Crippen LogP contribution in [-0.4, -0.2) is 39.1 Å². The number of hydrogen-bond acceptors (Lipinski definition) is 6. The largest absolute Gasteiger partial charge is 0.493 e. The Hall–Kier alpha value is -3.22. The van der Waals surface area contributed by atoms with Gasteiger partial charge in [0.15, 0.2) is 11.5 Å². The van der Waals surface area contributed by atoms with Crippen molar-refractivity contribution in [2.75, 3.05) is 21.3 Å². The number of ether oxygens (including phenoxy) is 3. The molecule has 0 radical (unpaired) electrons. The fourth-order valence-electron chi connectivity index (χ4n) is 3.07. The molecule has 2 aromatic carbocycles. The third kappa shape index (κ3) is 4.03. The van der Waals surface area contributed by atoms with Crippen LogP contribution in [0.5, 0.6) is 17.2 Å². The zero-order valence-electron chi connectivity index (χ0n) is 16.4. The van der Waals surface area contributed by atoms with Gasteiger partial charge in [0.1, 0.15) is 0 Å². The first-order valence-electron chi connectivity index (χ1n) is 8.95. The van der Waals surface area contributed by atoms with Crippen LogP contribution in [0.15, 0.2) is 47.6 Å². The summed E-state index contributed by atoms with van der Waals surface area (Å²) in [4.78, 5) is 18.0. The van der Waals surface area contributed by atoms with Crippen molar-refractivity contribution in [1.29, 1.82) is 0 Å². The van der Waals surface area contributed by atoms with E-state index in [0.717, 1.165) is 11.1 Å². The maximum Gasteiger partial charge on any atom is 0.264 e. The van der Waals surface area contributed by atoms with Gasteiger partial charge in [0.05, 0.1) is 33.1 Å². The number of amides is 1. The van der Waals surface area contributed by atoms with Gasteiger partial charge in [-0.05, 0) is 24.6 Å². The molecule has 7 nitrogen and oxygen atoms in total. The smallest absolute Gasteiger partial charge is 0.264 e.